The summed E-state index contributed by atoms with van der Waals surface area (Å²) in [6.07, 6.45) is 0. The molecule has 3 nitrogen and oxygen atoms in total. The Kier molecular flexibility index (Phi) is 3.29. The zero-order valence-electron chi connectivity index (χ0n) is 12.0. The lowest BCUT2D eigenvalue weighted by atomic mass is 10.1. The summed E-state index contributed by atoms with van der Waals surface area (Å²) in [5, 5.41) is 13.5. The molecular formula is C18H15N3. The van der Waals surface area contributed by atoms with E-state index in [1.165, 1.54) is 5.56 Å². The van der Waals surface area contributed by atoms with Crippen LogP contribution >= 0.6 is 0 Å². The maximum absolute atomic E-state index is 9.31. The van der Waals surface area contributed by atoms with Crippen molar-refractivity contribution in [3.8, 4) is 6.07 Å². The molecule has 102 valence electrons. The number of nitrogens with one attached hydrogen (secondary N) is 1. The predicted octanol–water partition coefficient (Wildman–Crippen LogP) is 4.47. The van der Waals surface area contributed by atoms with E-state index in [2.05, 4.69) is 42.4 Å². The van der Waals surface area contributed by atoms with Crippen LogP contribution in [0.5, 0.6) is 0 Å². The van der Waals surface area contributed by atoms with Crippen molar-refractivity contribution in [3.05, 3.63) is 65.2 Å². The number of fused-ring (bicyclic) bond motifs is 1. The summed E-state index contributed by atoms with van der Waals surface area (Å²) in [7, 11) is 0. The number of benzene rings is 2. The van der Waals surface area contributed by atoms with E-state index in [1.807, 2.05) is 30.3 Å². The van der Waals surface area contributed by atoms with Gasteiger partial charge in [0, 0.05) is 11.1 Å². The molecule has 0 fully saturated rings. The number of aryl methyl sites for hydroxylation is 2. The first-order valence-corrected chi connectivity index (χ1v) is 6.81. The Balaban J connectivity index is 2.07. The first-order chi connectivity index (χ1) is 10.2. The molecule has 0 amide bonds. The fourth-order valence-corrected chi connectivity index (χ4v) is 2.42. The summed E-state index contributed by atoms with van der Waals surface area (Å²) in [5.41, 5.74) is 4.84. The van der Waals surface area contributed by atoms with Gasteiger partial charge in [-0.25, -0.2) is 4.98 Å². The minimum absolute atomic E-state index is 0.632. The van der Waals surface area contributed by atoms with Gasteiger partial charge in [0.1, 0.15) is 5.82 Å². The van der Waals surface area contributed by atoms with Crippen LogP contribution in [0.25, 0.3) is 10.9 Å². The van der Waals surface area contributed by atoms with Crippen LogP contribution in [0.4, 0.5) is 11.5 Å². The lowest BCUT2D eigenvalue weighted by Crippen LogP contribution is -1.97. The fourth-order valence-electron chi connectivity index (χ4n) is 2.42. The van der Waals surface area contributed by atoms with E-state index in [9.17, 15) is 5.26 Å². The number of aromatic nitrogens is 1. The van der Waals surface area contributed by atoms with Crippen LogP contribution in [0.1, 0.15) is 16.7 Å². The molecule has 0 radical (unpaired) electrons. The van der Waals surface area contributed by atoms with Gasteiger partial charge in [0.2, 0.25) is 0 Å². The highest BCUT2D eigenvalue weighted by molar-refractivity contribution is 5.87. The molecule has 0 aliphatic heterocycles. The zero-order valence-corrected chi connectivity index (χ0v) is 12.0. The molecule has 0 bridgehead atoms. The maximum atomic E-state index is 9.31. The Hall–Kier alpha value is -2.86. The Morgan fingerprint density at radius 1 is 1.05 bits per heavy atom. The average Bonchev–Trinajstić information content (AvgIpc) is 2.49. The first-order valence-electron chi connectivity index (χ1n) is 6.81. The molecule has 3 aromatic rings. The molecule has 0 atom stereocenters. The standard InChI is InChI=1S/C18H15N3/c1-12-7-8-16(13(2)9-12)20-18-10-14(11-19)15-5-3-4-6-17(15)21-18/h3-10H,1-2H3,(H,20,21). The van der Waals surface area contributed by atoms with Crippen LogP contribution in [0, 0.1) is 25.2 Å². The van der Waals surface area contributed by atoms with Crippen molar-refractivity contribution in [2.75, 3.05) is 5.32 Å². The normalized spacial score (nSPS) is 10.3. The second-order valence-electron chi connectivity index (χ2n) is 5.13. The van der Waals surface area contributed by atoms with Gasteiger partial charge in [0.05, 0.1) is 17.1 Å². The van der Waals surface area contributed by atoms with Crippen LogP contribution in [0.15, 0.2) is 48.5 Å². The Morgan fingerprint density at radius 2 is 1.86 bits per heavy atom. The number of para-hydroxylation sites is 1. The Bertz CT molecular complexity index is 860. The number of pyridine rings is 1. The topological polar surface area (TPSA) is 48.7 Å². The van der Waals surface area contributed by atoms with E-state index in [4.69, 9.17) is 0 Å². The highest BCUT2D eigenvalue weighted by atomic mass is 15.0. The van der Waals surface area contributed by atoms with Gasteiger partial charge in [-0.3, -0.25) is 0 Å². The molecule has 1 heterocycles. The van der Waals surface area contributed by atoms with Gasteiger partial charge in [-0.05, 0) is 37.6 Å². The lowest BCUT2D eigenvalue weighted by Gasteiger charge is -2.11. The van der Waals surface area contributed by atoms with Crippen molar-refractivity contribution in [2.45, 2.75) is 13.8 Å². The van der Waals surface area contributed by atoms with Crippen molar-refractivity contribution < 1.29 is 0 Å². The molecule has 0 saturated carbocycles. The third-order valence-corrected chi connectivity index (χ3v) is 3.48. The zero-order chi connectivity index (χ0) is 14.8. The van der Waals surface area contributed by atoms with Gasteiger partial charge in [-0.1, -0.05) is 35.9 Å². The van der Waals surface area contributed by atoms with Crippen LogP contribution < -0.4 is 5.32 Å². The summed E-state index contributed by atoms with van der Waals surface area (Å²) in [6, 6.07) is 17.9. The summed E-state index contributed by atoms with van der Waals surface area (Å²) >= 11 is 0. The number of nitrogens with zero attached hydrogens (tertiary/aromatic N) is 2. The monoisotopic (exact) mass is 273 g/mol. The Morgan fingerprint density at radius 3 is 2.62 bits per heavy atom. The smallest absolute Gasteiger partial charge is 0.132 e. The molecule has 0 aliphatic rings. The van der Waals surface area contributed by atoms with E-state index in [1.54, 1.807) is 6.07 Å². The molecule has 1 aromatic heterocycles. The predicted molar refractivity (Wildman–Crippen MR) is 85.7 cm³/mol. The molecule has 2 aromatic carbocycles. The highest BCUT2D eigenvalue weighted by Crippen LogP contribution is 2.24. The van der Waals surface area contributed by atoms with Crippen molar-refractivity contribution in [3.63, 3.8) is 0 Å². The second kappa shape index (κ2) is 5.26. The molecule has 0 saturated heterocycles. The summed E-state index contributed by atoms with van der Waals surface area (Å²) in [6.45, 7) is 4.13. The molecule has 3 rings (SSSR count). The third kappa shape index (κ3) is 2.56. The van der Waals surface area contributed by atoms with Gasteiger partial charge in [-0.2, -0.15) is 5.26 Å². The summed E-state index contributed by atoms with van der Waals surface area (Å²) in [5.74, 6) is 0.692. The van der Waals surface area contributed by atoms with E-state index in [-0.39, 0.29) is 0 Å². The van der Waals surface area contributed by atoms with Crippen molar-refractivity contribution in [2.24, 2.45) is 0 Å². The number of hydrogen-bond donors (Lipinski definition) is 1. The van der Waals surface area contributed by atoms with Gasteiger partial charge in [-0.15, -0.1) is 0 Å². The van der Waals surface area contributed by atoms with E-state index in [0.29, 0.717) is 11.4 Å². The number of hydrogen-bond acceptors (Lipinski definition) is 3. The summed E-state index contributed by atoms with van der Waals surface area (Å²) < 4.78 is 0. The summed E-state index contributed by atoms with van der Waals surface area (Å²) in [4.78, 5) is 4.58. The molecule has 0 unspecified atom stereocenters. The molecule has 1 N–H and O–H groups in total. The molecule has 0 aliphatic carbocycles. The molecule has 0 spiro atoms. The highest BCUT2D eigenvalue weighted by Gasteiger charge is 2.06. The van der Waals surface area contributed by atoms with E-state index < -0.39 is 0 Å². The van der Waals surface area contributed by atoms with Gasteiger partial charge in [0.15, 0.2) is 0 Å². The van der Waals surface area contributed by atoms with E-state index >= 15 is 0 Å². The minimum Gasteiger partial charge on any atom is -0.340 e. The number of nitriles is 1. The van der Waals surface area contributed by atoms with Crippen LogP contribution in [0.3, 0.4) is 0 Å². The minimum atomic E-state index is 0.632. The molecule has 3 heteroatoms. The van der Waals surface area contributed by atoms with Gasteiger partial charge in [0.25, 0.3) is 0 Å². The van der Waals surface area contributed by atoms with Crippen LogP contribution in [-0.2, 0) is 0 Å². The first kappa shape index (κ1) is 13.1. The number of rotatable bonds is 2. The largest absolute Gasteiger partial charge is 0.340 e. The van der Waals surface area contributed by atoms with Crippen molar-refractivity contribution in [1.82, 2.24) is 4.98 Å². The third-order valence-electron chi connectivity index (χ3n) is 3.48. The van der Waals surface area contributed by atoms with Gasteiger partial charge >= 0.3 is 0 Å². The van der Waals surface area contributed by atoms with Crippen LogP contribution in [0.2, 0.25) is 0 Å². The number of anilines is 2. The van der Waals surface area contributed by atoms with E-state index in [0.717, 1.165) is 22.2 Å². The maximum Gasteiger partial charge on any atom is 0.132 e. The quantitative estimate of drug-likeness (QED) is 0.749. The second-order valence-corrected chi connectivity index (χ2v) is 5.13. The molecule has 21 heavy (non-hydrogen) atoms. The Labute approximate surface area is 123 Å². The lowest BCUT2D eigenvalue weighted by molar-refractivity contribution is 1.32. The fraction of sp³-hybridized carbons (Fsp3) is 0.111. The SMILES string of the molecule is Cc1ccc(Nc2cc(C#N)c3ccccc3n2)c(C)c1. The van der Waals surface area contributed by atoms with Gasteiger partial charge < -0.3 is 5.32 Å². The molecular weight excluding hydrogens is 258 g/mol. The van der Waals surface area contributed by atoms with Crippen LogP contribution in [-0.4, -0.2) is 4.98 Å². The average molecular weight is 273 g/mol. The van der Waals surface area contributed by atoms with Crippen molar-refractivity contribution in [1.29, 1.82) is 5.26 Å². The van der Waals surface area contributed by atoms with Crippen molar-refractivity contribution >= 4 is 22.4 Å².